The van der Waals surface area contributed by atoms with Crippen molar-refractivity contribution in [2.75, 3.05) is 38.5 Å². The van der Waals surface area contributed by atoms with E-state index in [1.807, 2.05) is 12.1 Å². The number of nitrogens with zero attached hydrogens (tertiary/aromatic N) is 2. The zero-order valence-corrected chi connectivity index (χ0v) is 14.5. The van der Waals surface area contributed by atoms with E-state index < -0.39 is 0 Å². The number of hydrogen-bond donors (Lipinski definition) is 2. The normalized spacial score (nSPS) is 14.3. The first kappa shape index (κ1) is 16.5. The molecule has 1 aliphatic carbocycles. The Kier molecular flexibility index (Phi) is 5.36. The highest BCUT2D eigenvalue weighted by Gasteiger charge is 2.18. The summed E-state index contributed by atoms with van der Waals surface area (Å²) in [6, 6.07) is 6.01. The topological polar surface area (TPSA) is 54.2 Å². The monoisotopic (exact) mass is 332 g/mol. The number of halogens is 1. The minimum absolute atomic E-state index is 0.697. The quantitative estimate of drug-likeness (QED) is 0.853. The molecule has 23 heavy (non-hydrogen) atoms. The van der Waals surface area contributed by atoms with Gasteiger partial charge in [0.25, 0.3) is 0 Å². The summed E-state index contributed by atoms with van der Waals surface area (Å²) in [6.45, 7) is 3.50. The van der Waals surface area contributed by atoms with Crippen molar-refractivity contribution in [2.24, 2.45) is 5.73 Å². The van der Waals surface area contributed by atoms with Gasteiger partial charge in [0.1, 0.15) is 0 Å². The fourth-order valence-corrected chi connectivity index (χ4v) is 3.47. The summed E-state index contributed by atoms with van der Waals surface area (Å²) in [5, 5.41) is 5.58. The molecule has 4 nitrogen and oxygen atoms in total. The molecule has 0 spiro atoms. The van der Waals surface area contributed by atoms with Gasteiger partial charge in [-0.15, -0.1) is 0 Å². The van der Waals surface area contributed by atoms with Gasteiger partial charge in [-0.2, -0.15) is 0 Å². The summed E-state index contributed by atoms with van der Waals surface area (Å²) in [7, 11) is 2.11. The van der Waals surface area contributed by atoms with Crippen LogP contribution < -0.4 is 11.1 Å². The Balaban J connectivity index is 1.90. The van der Waals surface area contributed by atoms with Crippen LogP contribution in [0.4, 0.5) is 5.69 Å². The molecule has 0 saturated carbocycles. The molecular formula is C18H25ClN4. The smallest absolute Gasteiger partial charge is 0.0741 e. The van der Waals surface area contributed by atoms with Crippen molar-refractivity contribution >= 4 is 28.2 Å². The van der Waals surface area contributed by atoms with Crippen LogP contribution in [-0.4, -0.2) is 43.1 Å². The van der Waals surface area contributed by atoms with Crippen LogP contribution in [0.5, 0.6) is 0 Å². The van der Waals surface area contributed by atoms with Gasteiger partial charge in [-0.1, -0.05) is 11.6 Å². The molecule has 0 amide bonds. The van der Waals surface area contributed by atoms with Crippen molar-refractivity contribution < 1.29 is 0 Å². The van der Waals surface area contributed by atoms with E-state index in [4.69, 9.17) is 22.3 Å². The van der Waals surface area contributed by atoms with E-state index in [1.165, 1.54) is 35.2 Å². The van der Waals surface area contributed by atoms with Gasteiger partial charge in [-0.3, -0.25) is 4.98 Å². The number of aryl methyl sites for hydroxylation is 1. The molecule has 0 radical (unpaired) electrons. The number of benzene rings is 1. The lowest BCUT2D eigenvalue weighted by atomic mass is 9.92. The second-order valence-electron chi connectivity index (χ2n) is 6.30. The van der Waals surface area contributed by atoms with Gasteiger partial charge < -0.3 is 16.0 Å². The van der Waals surface area contributed by atoms with E-state index in [2.05, 4.69) is 23.3 Å². The molecule has 1 aromatic heterocycles. The number of hydrogen-bond acceptors (Lipinski definition) is 4. The van der Waals surface area contributed by atoms with E-state index in [1.54, 1.807) is 0 Å². The van der Waals surface area contributed by atoms with Gasteiger partial charge in [0, 0.05) is 48.0 Å². The molecule has 0 saturated heterocycles. The highest BCUT2D eigenvalue weighted by atomic mass is 35.5. The summed E-state index contributed by atoms with van der Waals surface area (Å²) in [6.07, 6.45) is 4.65. The number of pyridine rings is 1. The number of nitrogens with one attached hydrogen (secondary N) is 1. The molecule has 1 aliphatic rings. The average molecular weight is 333 g/mol. The Morgan fingerprint density at radius 1 is 1.26 bits per heavy atom. The van der Waals surface area contributed by atoms with Crippen molar-refractivity contribution in [1.82, 2.24) is 9.88 Å². The number of fused-ring (bicyclic) bond motifs is 2. The largest absolute Gasteiger partial charge is 0.383 e. The fourth-order valence-electron chi connectivity index (χ4n) is 3.30. The Morgan fingerprint density at radius 2 is 2.09 bits per heavy atom. The SMILES string of the molecule is CN(CCN)CCNc1c2c(nc3cc(Cl)ccc13)CCCC2. The first-order chi connectivity index (χ1) is 11.2. The molecule has 0 aliphatic heterocycles. The molecule has 0 atom stereocenters. The van der Waals surface area contributed by atoms with Gasteiger partial charge >= 0.3 is 0 Å². The van der Waals surface area contributed by atoms with E-state index in [0.29, 0.717) is 6.54 Å². The summed E-state index contributed by atoms with van der Waals surface area (Å²) in [5.41, 5.74) is 10.5. The first-order valence-corrected chi connectivity index (χ1v) is 8.80. The maximum absolute atomic E-state index is 6.16. The number of aromatic nitrogens is 1. The van der Waals surface area contributed by atoms with Crippen LogP contribution in [0.3, 0.4) is 0 Å². The highest BCUT2D eigenvalue weighted by Crippen LogP contribution is 2.34. The number of nitrogens with two attached hydrogens (primary N) is 1. The van der Waals surface area contributed by atoms with Crippen molar-refractivity contribution in [3.63, 3.8) is 0 Å². The van der Waals surface area contributed by atoms with Crippen LogP contribution in [0.15, 0.2) is 18.2 Å². The molecule has 0 fully saturated rings. The lowest BCUT2D eigenvalue weighted by molar-refractivity contribution is 0.357. The Bertz CT molecular complexity index is 686. The molecule has 2 aromatic rings. The van der Waals surface area contributed by atoms with E-state index in [-0.39, 0.29) is 0 Å². The van der Waals surface area contributed by atoms with Crippen LogP contribution in [0.25, 0.3) is 10.9 Å². The molecular weight excluding hydrogens is 308 g/mol. The number of rotatable bonds is 6. The van der Waals surface area contributed by atoms with Gasteiger partial charge in [-0.05, 0) is 56.5 Å². The average Bonchev–Trinajstić information content (AvgIpc) is 2.54. The van der Waals surface area contributed by atoms with Crippen LogP contribution >= 0.6 is 11.6 Å². The third-order valence-electron chi connectivity index (χ3n) is 4.53. The molecule has 124 valence electrons. The van der Waals surface area contributed by atoms with E-state index >= 15 is 0 Å². The van der Waals surface area contributed by atoms with Crippen LogP contribution in [0.2, 0.25) is 5.02 Å². The third kappa shape index (κ3) is 3.77. The summed E-state index contributed by atoms with van der Waals surface area (Å²) >= 11 is 6.16. The van der Waals surface area contributed by atoms with Crippen LogP contribution in [-0.2, 0) is 12.8 Å². The van der Waals surface area contributed by atoms with Gasteiger partial charge in [0.05, 0.1) is 5.52 Å². The van der Waals surface area contributed by atoms with Crippen LogP contribution in [0.1, 0.15) is 24.1 Å². The van der Waals surface area contributed by atoms with Crippen molar-refractivity contribution in [2.45, 2.75) is 25.7 Å². The second kappa shape index (κ2) is 7.47. The van der Waals surface area contributed by atoms with Gasteiger partial charge in [0.2, 0.25) is 0 Å². The first-order valence-electron chi connectivity index (χ1n) is 8.42. The Morgan fingerprint density at radius 3 is 2.91 bits per heavy atom. The third-order valence-corrected chi connectivity index (χ3v) is 4.77. The summed E-state index contributed by atoms with van der Waals surface area (Å²) < 4.78 is 0. The maximum atomic E-state index is 6.16. The number of likely N-dealkylation sites (N-methyl/N-ethyl adjacent to an activating group) is 1. The standard InChI is InChI=1S/C18H25ClN4/c1-23(10-8-20)11-9-21-18-14-4-2-3-5-16(14)22-17-12-13(19)6-7-15(17)18/h6-7,12H,2-5,8-11,20H2,1H3,(H,21,22). The predicted octanol–water partition coefficient (Wildman–Crippen LogP) is 3.07. The Hall–Kier alpha value is -1.36. The predicted molar refractivity (Wildman–Crippen MR) is 98.4 cm³/mol. The minimum atomic E-state index is 0.697. The minimum Gasteiger partial charge on any atom is -0.383 e. The number of anilines is 1. The molecule has 0 unspecified atom stereocenters. The molecule has 3 N–H and O–H groups in total. The molecule has 1 heterocycles. The van der Waals surface area contributed by atoms with Crippen molar-refractivity contribution in [3.8, 4) is 0 Å². The second-order valence-corrected chi connectivity index (χ2v) is 6.74. The molecule has 3 rings (SSSR count). The zero-order valence-electron chi connectivity index (χ0n) is 13.7. The lowest BCUT2D eigenvalue weighted by Gasteiger charge is -2.23. The zero-order chi connectivity index (χ0) is 16.2. The molecule has 5 heteroatoms. The van der Waals surface area contributed by atoms with E-state index in [0.717, 1.165) is 43.0 Å². The lowest BCUT2D eigenvalue weighted by Crippen LogP contribution is -2.30. The fraction of sp³-hybridized carbons (Fsp3) is 0.500. The highest BCUT2D eigenvalue weighted by molar-refractivity contribution is 6.31. The van der Waals surface area contributed by atoms with Crippen molar-refractivity contribution in [1.29, 1.82) is 0 Å². The summed E-state index contributed by atoms with van der Waals surface area (Å²) in [4.78, 5) is 7.11. The van der Waals surface area contributed by atoms with E-state index in [9.17, 15) is 0 Å². The maximum Gasteiger partial charge on any atom is 0.0741 e. The molecule has 1 aromatic carbocycles. The Labute approximate surface area is 143 Å². The van der Waals surface area contributed by atoms with Crippen molar-refractivity contribution in [3.05, 3.63) is 34.5 Å². The van der Waals surface area contributed by atoms with Gasteiger partial charge in [0.15, 0.2) is 0 Å². The molecule has 0 bridgehead atoms. The van der Waals surface area contributed by atoms with Crippen LogP contribution in [0, 0.1) is 0 Å². The van der Waals surface area contributed by atoms with Gasteiger partial charge in [-0.25, -0.2) is 0 Å². The summed E-state index contributed by atoms with van der Waals surface area (Å²) in [5.74, 6) is 0.